The largest absolute Gasteiger partial charge is 0.379 e. The van der Waals surface area contributed by atoms with E-state index in [9.17, 15) is 14.0 Å². The second kappa shape index (κ2) is 10.1. The Kier molecular flexibility index (Phi) is 6.79. The maximum absolute atomic E-state index is 13.3. The molecular weight excluding hydrogens is 449 g/mol. The monoisotopic (exact) mass is 479 g/mol. The van der Waals surface area contributed by atoms with Crippen molar-refractivity contribution in [2.75, 3.05) is 26.3 Å². The Hall–Kier alpha value is -3.30. The molecule has 2 aliphatic rings. The second-order valence-electron chi connectivity index (χ2n) is 9.39. The Morgan fingerprint density at radius 2 is 1.77 bits per heavy atom. The van der Waals surface area contributed by atoms with Gasteiger partial charge in [0.05, 0.1) is 24.2 Å². The highest BCUT2D eigenvalue weighted by molar-refractivity contribution is 5.94. The van der Waals surface area contributed by atoms with Crippen LogP contribution in [0.2, 0.25) is 0 Å². The van der Waals surface area contributed by atoms with E-state index in [1.54, 1.807) is 0 Å². The van der Waals surface area contributed by atoms with E-state index in [1.807, 2.05) is 6.07 Å². The van der Waals surface area contributed by atoms with Crippen LogP contribution < -0.4 is 11.4 Å². The zero-order valence-electron chi connectivity index (χ0n) is 19.6. The van der Waals surface area contributed by atoms with Gasteiger partial charge in [0.2, 0.25) is 11.5 Å². The summed E-state index contributed by atoms with van der Waals surface area (Å²) >= 11 is 0. The summed E-state index contributed by atoms with van der Waals surface area (Å²) in [7, 11) is 0. The number of amides is 2. The Labute approximate surface area is 202 Å². The highest BCUT2D eigenvalue weighted by atomic mass is 19.1. The fourth-order valence-electron chi connectivity index (χ4n) is 5.12. The zero-order chi connectivity index (χ0) is 24.4. The molecule has 1 aliphatic heterocycles. The number of carbonyl (C=O) groups excluding carboxylic acids is 2. The molecule has 184 valence electrons. The third kappa shape index (κ3) is 5.21. The van der Waals surface area contributed by atoms with Crippen LogP contribution >= 0.6 is 0 Å². The highest BCUT2D eigenvalue weighted by Gasteiger charge is 2.27. The predicted octanol–water partition coefficient (Wildman–Crippen LogP) is 2.90. The van der Waals surface area contributed by atoms with Crippen LogP contribution in [0, 0.1) is 11.7 Å². The van der Waals surface area contributed by atoms with Crippen LogP contribution in [0.3, 0.4) is 0 Å². The van der Waals surface area contributed by atoms with Crippen LogP contribution in [0.1, 0.15) is 47.6 Å². The first kappa shape index (κ1) is 23.4. The van der Waals surface area contributed by atoms with Crippen molar-refractivity contribution in [3.05, 3.63) is 65.0 Å². The van der Waals surface area contributed by atoms with Crippen LogP contribution in [0.4, 0.5) is 4.39 Å². The summed E-state index contributed by atoms with van der Waals surface area (Å²) in [6, 6.07) is 11.7. The standard InChI is InChI=1S/C26H30FN5O3/c27-20-6-2-19(3-7-20)25(34)30-26-29-22-10-1-17(16-31-11-13-35-14-12-31)15-23(22)32(26)21-8-4-18(5-9-21)24(28)33/h1-3,6-7,10,15,18,21H,4-5,8-9,11-14,16H2,(H2,28,33)(H,29,30,34). The van der Waals surface area contributed by atoms with Gasteiger partial charge in [-0.15, -0.1) is 0 Å². The number of fused-ring (bicyclic) bond motifs is 1. The number of nitrogens with zero attached hydrogens (tertiary/aromatic N) is 3. The third-order valence-electron chi connectivity index (χ3n) is 7.07. The fraction of sp³-hybridized carbons (Fsp3) is 0.423. The molecule has 0 spiro atoms. The lowest BCUT2D eigenvalue weighted by Gasteiger charge is -2.28. The molecule has 0 radical (unpaired) electrons. The number of aromatic nitrogens is 2. The first-order valence-corrected chi connectivity index (χ1v) is 12.1. The van der Waals surface area contributed by atoms with Crippen LogP contribution in [0.15, 0.2) is 47.5 Å². The number of nitrogens with two attached hydrogens (primary N) is 1. The summed E-state index contributed by atoms with van der Waals surface area (Å²) in [6.45, 7) is 4.10. The van der Waals surface area contributed by atoms with E-state index in [0.717, 1.165) is 56.7 Å². The molecule has 1 saturated heterocycles. The highest BCUT2D eigenvalue weighted by Crippen LogP contribution is 2.33. The number of hydrogen-bond acceptors (Lipinski definition) is 4. The first-order chi connectivity index (χ1) is 17.0. The van der Waals surface area contributed by atoms with Gasteiger partial charge in [-0.1, -0.05) is 6.07 Å². The molecule has 0 atom stereocenters. The molecule has 0 unspecified atom stereocenters. The molecule has 35 heavy (non-hydrogen) atoms. The molecule has 1 aromatic heterocycles. The molecular formula is C26H30FN5O3. The summed E-state index contributed by atoms with van der Waals surface area (Å²) in [4.78, 5) is 34.7. The maximum Gasteiger partial charge on any atom is 0.280 e. The van der Waals surface area contributed by atoms with Crippen LogP contribution in [-0.4, -0.2) is 52.6 Å². The molecule has 1 aliphatic carbocycles. The Morgan fingerprint density at radius 3 is 2.46 bits per heavy atom. The normalized spacial score (nSPS) is 21.9. The smallest absolute Gasteiger partial charge is 0.280 e. The molecule has 2 aromatic carbocycles. The molecule has 2 amide bonds. The van der Waals surface area contributed by atoms with Crippen LogP contribution in [-0.2, 0) is 16.1 Å². The number of aromatic amines is 1. The van der Waals surface area contributed by atoms with Crippen molar-refractivity contribution in [2.24, 2.45) is 16.6 Å². The minimum Gasteiger partial charge on any atom is -0.379 e. The van der Waals surface area contributed by atoms with Gasteiger partial charge in [0.25, 0.3) is 5.91 Å². The number of rotatable bonds is 5. The minimum atomic E-state index is -0.440. The number of benzene rings is 2. The summed E-state index contributed by atoms with van der Waals surface area (Å²) in [6.07, 6.45) is 2.95. The number of hydrogen-bond donors (Lipinski definition) is 2. The van der Waals surface area contributed by atoms with Crippen molar-refractivity contribution in [2.45, 2.75) is 38.3 Å². The number of ether oxygens (including phenoxy) is 1. The summed E-state index contributed by atoms with van der Waals surface area (Å²) in [5.74, 6) is -1.21. The lowest BCUT2D eigenvalue weighted by atomic mass is 9.85. The van der Waals surface area contributed by atoms with Crippen molar-refractivity contribution < 1.29 is 18.7 Å². The lowest BCUT2D eigenvalue weighted by Crippen LogP contribution is -2.35. The summed E-state index contributed by atoms with van der Waals surface area (Å²) < 4.78 is 20.9. The molecule has 2 fully saturated rings. The number of imidazole rings is 1. The van der Waals surface area contributed by atoms with Gasteiger partial charge in [0.1, 0.15) is 5.82 Å². The molecule has 1 saturated carbocycles. The molecule has 2 heterocycles. The Morgan fingerprint density at radius 1 is 1.06 bits per heavy atom. The van der Waals surface area contributed by atoms with Crippen LogP contribution in [0.25, 0.3) is 11.0 Å². The molecule has 5 rings (SSSR count). The van der Waals surface area contributed by atoms with E-state index in [1.165, 1.54) is 29.8 Å². The number of carbonyl (C=O) groups is 2. The second-order valence-corrected chi connectivity index (χ2v) is 9.39. The quantitative estimate of drug-likeness (QED) is 0.587. The maximum atomic E-state index is 13.3. The topological polar surface area (TPSA) is 106 Å². The predicted molar refractivity (Wildman–Crippen MR) is 129 cm³/mol. The van der Waals surface area contributed by atoms with Gasteiger partial charge in [-0.2, -0.15) is 4.99 Å². The SMILES string of the molecule is NC(=O)C1CCC(n2/c(=N\C(=O)c3ccc(F)cc3)[nH]c3ccc(CN4CCOCC4)cc32)CC1. The van der Waals surface area contributed by atoms with Crippen molar-refractivity contribution >= 4 is 22.8 Å². The number of morpholine rings is 1. The molecule has 8 nitrogen and oxygen atoms in total. The van der Waals surface area contributed by atoms with Gasteiger partial charge in [-0.3, -0.25) is 14.5 Å². The van der Waals surface area contributed by atoms with Crippen LogP contribution in [0.5, 0.6) is 0 Å². The summed E-state index contributed by atoms with van der Waals surface area (Å²) in [5.41, 5.74) is 9.36. The zero-order valence-corrected chi connectivity index (χ0v) is 19.6. The molecule has 9 heteroatoms. The first-order valence-electron chi connectivity index (χ1n) is 12.1. The van der Waals surface area contributed by atoms with Gasteiger partial charge in [0, 0.05) is 37.2 Å². The van der Waals surface area contributed by atoms with Gasteiger partial charge in [-0.25, -0.2) is 4.39 Å². The Balaban J connectivity index is 1.53. The number of H-pyrrole nitrogens is 1. The average molecular weight is 480 g/mol. The third-order valence-corrected chi connectivity index (χ3v) is 7.07. The number of halogens is 1. The van der Waals surface area contributed by atoms with E-state index < -0.39 is 11.7 Å². The molecule has 3 N–H and O–H groups in total. The van der Waals surface area contributed by atoms with E-state index >= 15 is 0 Å². The van der Waals surface area contributed by atoms with E-state index in [0.29, 0.717) is 24.0 Å². The fourth-order valence-corrected chi connectivity index (χ4v) is 5.12. The van der Waals surface area contributed by atoms with Gasteiger partial charge in [-0.05, 0) is 67.6 Å². The van der Waals surface area contributed by atoms with Crippen molar-refractivity contribution in [3.63, 3.8) is 0 Å². The van der Waals surface area contributed by atoms with Crippen molar-refractivity contribution in [3.8, 4) is 0 Å². The van der Waals surface area contributed by atoms with Crippen molar-refractivity contribution in [1.82, 2.24) is 14.5 Å². The van der Waals surface area contributed by atoms with E-state index in [2.05, 4.69) is 31.6 Å². The van der Waals surface area contributed by atoms with Crippen molar-refractivity contribution in [1.29, 1.82) is 0 Å². The average Bonchev–Trinajstić information content (AvgIpc) is 3.22. The Bertz CT molecular complexity index is 1280. The minimum absolute atomic E-state index is 0.0813. The molecule has 0 bridgehead atoms. The number of primary amides is 1. The van der Waals surface area contributed by atoms with Gasteiger partial charge >= 0.3 is 0 Å². The lowest BCUT2D eigenvalue weighted by molar-refractivity contribution is -0.122. The van der Waals surface area contributed by atoms with E-state index in [-0.39, 0.29) is 17.9 Å². The molecule has 3 aromatic rings. The number of nitrogens with one attached hydrogen (secondary N) is 1. The van der Waals surface area contributed by atoms with Gasteiger partial charge < -0.3 is 20.0 Å². The summed E-state index contributed by atoms with van der Waals surface area (Å²) in [5, 5.41) is 0. The van der Waals surface area contributed by atoms with E-state index in [4.69, 9.17) is 10.5 Å². The van der Waals surface area contributed by atoms with Gasteiger partial charge in [0.15, 0.2) is 0 Å².